The molecule has 3 aromatic carbocycles. The van der Waals surface area contributed by atoms with Crippen LogP contribution in [0.1, 0.15) is 33.9 Å². The van der Waals surface area contributed by atoms with Crippen molar-refractivity contribution in [3.05, 3.63) is 103 Å². The number of para-hydroxylation sites is 1. The van der Waals surface area contributed by atoms with Gasteiger partial charge < -0.3 is 15.0 Å². The van der Waals surface area contributed by atoms with Crippen molar-refractivity contribution >= 4 is 63.8 Å². The first-order chi connectivity index (χ1) is 23.4. The highest BCUT2D eigenvalue weighted by atomic mass is 35.5. The van der Waals surface area contributed by atoms with E-state index in [1.54, 1.807) is 30.3 Å². The third-order valence-corrected chi connectivity index (χ3v) is 13.0. The fourth-order valence-electron chi connectivity index (χ4n) is 8.38. The summed E-state index contributed by atoms with van der Waals surface area (Å²) < 4.78 is 46.6. The van der Waals surface area contributed by atoms with E-state index in [2.05, 4.69) is 10.3 Å². The third kappa shape index (κ3) is 5.28. The van der Waals surface area contributed by atoms with E-state index in [9.17, 15) is 32.3 Å². The fourth-order valence-corrected chi connectivity index (χ4v) is 11.4. The number of benzene rings is 3. The summed E-state index contributed by atoms with van der Waals surface area (Å²) in [6, 6.07) is 16.9. The number of aromatic amines is 1. The molecule has 49 heavy (non-hydrogen) atoms. The van der Waals surface area contributed by atoms with Crippen LogP contribution in [0.15, 0.2) is 76.6 Å². The molecule has 2 saturated carbocycles. The lowest BCUT2D eigenvalue weighted by molar-refractivity contribution is -0.137. The van der Waals surface area contributed by atoms with Crippen LogP contribution in [0.5, 0.6) is 5.75 Å². The van der Waals surface area contributed by atoms with Gasteiger partial charge >= 0.3 is 11.0 Å². The summed E-state index contributed by atoms with van der Waals surface area (Å²) in [6.07, 6.45) is -3.99. The summed E-state index contributed by atoms with van der Waals surface area (Å²) in [5, 5.41) is 3.26. The number of hydrogen-bond donors (Lipinski definition) is 2. The number of anilines is 2. The maximum atomic E-state index is 14.1. The molecular formula is C35H27ClF3N3O5S2. The molecule has 8 rings (SSSR count). The summed E-state index contributed by atoms with van der Waals surface area (Å²) in [6.45, 7) is 1.34. The number of hydrogen-bond acceptors (Lipinski definition) is 7. The Morgan fingerprint density at radius 3 is 2.47 bits per heavy atom. The van der Waals surface area contributed by atoms with Crippen LogP contribution in [0.3, 0.4) is 0 Å². The van der Waals surface area contributed by atoms with E-state index in [1.807, 2.05) is 19.1 Å². The first-order valence-corrected chi connectivity index (χ1v) is 17.7. The highest BCUT2D eigenvalue weighted by Crippen LogP contribution is 2.69. The summed E-state index contributed by atoms with van der Waals surface area (Å²) in [5.74, 6) is -2.85. The number of halogens is 4. The molecule has 2 N–H and O–H groups in total. The maximum Gasteiger partial charge on any atom is 0.418 e. The Hall–Kier alpha value is -4.07. The van der Waals surface area contributed by atoms with Gasteiger partial charge in [-0.3, -0.25) is 24.1 Å². The monoisotopic (exact) mass is 725 g/mol. The van der Waals surface area contributed by atoms with Crippen molar-refractivity contribution in [1.29, 1.82) is 0 Å². The molecule has 0 radical (unpaired) electrons. The number of carbonyl (C=O) groups is 3. The van der Waals surface area contributed by atoms with E-state index in [0.29, 0.717) is 27.7 Å². The van der Waals surface area contributed by atoms with Crippen LogP contribution in [0.2, 0.25) is 5.02 Å². The zero-order chi connectivity index (χ0) is 34.4. The smallest absolute Gasteiger partial charge is 0.418 e. The Kier molecular flexibility index (Phi) is 7.72. The van der Waals surface area contributed by atoms with Gasteiger partial charge in [-0.2, -0.15) is 13.2 Å². The molecule has 4 aromatic rings. The van der Waals surface area contributed by atoms with Crippen LogP contribution in [0.4, 0.5) is 24.5 Å². The largest absolute Gasteiger partial charge is 0.483 e. The molecule has 2 aliphatic carbocycles. The topological polar surface area (TPSA) is 109 Å². The number of thiazole rings is 1. The van der Waals surface area contributed by atoms with Crippen LogP contribution >= 0.6 is 34.7 Å². The Morgan fingerprint density at radius 1 is 1.02 bits per heavy atom. The SMILES string of the molecule is Cc1ccc(N2C(=O)C3C4CC(C3C2=O)C2C4Sc3[nH]c(=O)sc3[C@@H]2c2cc(Cl)ccc2OCC(=O)Nc2ccccc2C(F)(F)F)cc1. The normalized spacial score (nSPS) is 26.8. The number of fused-ring (bicyclic) bond motifs is 9. The minimum absolute atomic E-state index is 0.0993. The van der Waals surface area contributed by atoms with Gasteiger partial charge in [-0.05, 0) is 73.6 Å². The molecule has 2 bridgehead atoms. The van der Waals surface area contributed by atoms with Crippen molar-refractivity contribution in [2.45, 2.75) is 35.7 Å². The Morgan fingerprint density at radius 2 is 1.73 bits per heavy atom. The summed E-state index contributed by atoms with van der Waals surface area (Å²) >= 11 is 9.13. The van der Waals surface area contributed by atoms with E-state index in [-0.39, 0.29) is 51.1 Å². The lowest BCUT2D eigenvalue weighted by Crippen LogP contribution is -2.42. The summed E-state index contributed by atoms with van der Waals surface area (Å²) in [7, 11) is 0. The quantitative estimate of drug-likeness (QED) is 0.205. The molecule has 4 aliphatic rings. The number of nitrogens with zero attached hydrogens (tertiary/aromatic N) is 1. The number of imide groups is 1. The number of amides is 3. The van der Waals surface area contributed by atoms with Crippen LogP contribution < -0.4 is 19.8 Å². The number of aromatic nitrogens is 1. The molecule has 7 atom stereocenters. The number of ether oxygens (including phenoxy) is 1. The van der Waals surface area contributed by atoms with Crippen LogP contribution in [-0.4, -0.2) is 34.6 Å². The lowest BCUT2D eigenvalue weighted by Gasteiger charge is -2.43. The van der Waals surface area contributed by atoms with Gasteiger partial charge in [-0.15, -0.1) is 11.8 Å². The first-order valence-electron chi connectivity index (χ1n) is 15.6. The van der Waals surface area contributed by atoms with Crippen molar-refractivity contribution in [2.24, 2.45) is 29.6 Å². The van der Waals surface area contributed by atoms with Crippen LogP contribution in [0.25, 0.3) is 0 Å². The lowest BCUT2D eigenvalue weighted by atomic mass is 9.68. The molecule has 0 spiro atoms. The van der Waals surface area contributed by atoms with Crippen molar-refractivity contribution in [3.63, 3.8) is 0 Å². The molecule has 6 unspecified atom stereocenters. The second-order valence-electron chi connectivity index (χ2n) is 12.9. The number of aryl methyl sites for hydroxylation is 1. The molecule has 252 valence electrons. The van der Waals surface area contributed by atoms with E-state index in [1.165, 1.54) is 34.9 Å². The first kappa shape index (κ1) is 32.2. The van der Waals surface area contributed by atoms with Gasteiger partial charge in [0.2, 0.25) is 11.8 Å². The standard InChI is InChI=1S/C35H27ClF3N3O5S2/c1-15-6-9-17(10-7-15)42-32(44)27-19-13-20(28(27)33(42)45)29-26(19)25(30-31(48-29)41-34(46)49-30)18-12-16(36)8-11-23(18)47-14-24(43)40-22-5-3-2-4-21(22)35(37,38)39/h2-12,19-20,25-29H,13-14H2,1H3,(H,40,43)(H,41,46)/t19?,20?,25-,26?,27?,28?,29?/m1/s1. The number of alkyl halides is 3. The Labute approximate surface area is 291 Å². The Bertz CT molecular complexity index is 2080. The predicted molar refractivity (Wildman–Crippen MR) is 179 cm³/mol. The number of H-pyrrole nitrogens is 1. The van der Waals surface area contributed by atoms with Crippen LogP contribution in [0, 0.1) is 36.5 Å². The number of nitrogens with one attached hydrogen (secondary N) is 2. The van der Waals surface area contributed by atoms with Gasteiger partial charge in [0, 0.05) is 26.6 Å². The molecule has 3 heterocycles. The van der Waals surface area contributed by atoms with Gasteiger partial charge in [-0.1, -0.05) is 52.8 Å². The van der Waals surface area contributed by atoms with Crippen molar-refractivity contribution in [2.75, 3.05) is 16.8 Å². The van der Waals surface area contributed by atoms with Gasteiger partial charge in [0.1, 0.15) is 5.75 Å². The van der Waals surface area contributed by atoms with Gasteiger partial charge in [0.05, 0.1) is 33.8 Å². The summed E-state index contributed by atoms with van der Waals surface area (Å²) in [5.41, 5.74) is 0.787. The van der Waals surface area contributed by atoms with E-state index < -0.39 is 42.0 Å². The van der Waals surface area contributed by atoms with Crippen molar-refractivity contribution < 1.29 is 32.3 Å². The second kappa shape index (κ2) is 11.8. The van der Waals surface area contributed by atoms with E-state index >= 15 is 0 Å². The number of thioether (sulfide) groups is 1. The minimum Gasteiger partial charge on any atom is -0.483 e. The zero-order valence-corrected chi connectivity index (χ0v) is 28.0. The van der Waals surface area contributed by atoms with Crippen molar-refractivity contribution in [3.8, 4) is 5.75 Å². The molecule has 14 heteroatoms. The molecule has 1 aromatic heterocycles. The van der Waals surface area contributed by atoms with E-state index in [4.69, 9.17) is 16.3 Å². The zero-order valence-electron chi connectivity index (χ0n) is 25.6. The number of carbonyl (C=O) groups excluding carboxylic acids is 3. The highest BCUT2D eigenvalue weighted by molar-refractivity contribution is 8.00. The average molecular weight is 726 g/mol. The minimum atomic E-state index is -4.67. The molecule has 2 aliphatic heterocycles. The molecule has 3 fully saturated rings. The van der Waals surface area contributed by atoms with E-state index in [0.717, 1.165) is 27.8 Å². The predicted octanol–water partition coefficient (Wildman–Crippen LogP) is 7.11. The molecular weight excluding hydrogens is 699 g/mol. The van der Waals surface area contributed by atoms with Gasteiger partial charge in [0.25, 0.3) is 5.91 Å². The molecule has 1 saturated heterocycles. The maximum absolute atomic E-state index is 14.1. The average Bonchev–Trinajstić information content (AvgIpc) is 3.79. The molecule has 8 nitrogen and oxygen atoms in total. The summed E-state index contributed by atoms with van der Waals surface area (Å²) in [4.78, 5) is 58.4. The van der Waals surface area contributed by atoms with Crippen molar-refractivity contribution in [1.82, 2.24) is 4.98 Å². The fraction of sp³-hybridized carbons (Fsp3) is 0.314. The Balaban J connectivity index is 1.12. The number of rotatable bonds is 6. The second-order valence-corrected chi connectivity index (χ2v) is 15.5. The third-order valence-electron chi connectivity index (χ3n) is 10.2. The molecule has 3 amide bonds. The highest BCUT2D eigenvalue weighted by Gasteiger charge is 2.70. The van der Waals surface area contributed by atoms with Gasteiger partial charge in [0.15, 0.2) is 6.61 Å². The van der Waals surface area contributed by atoms with Crippen LogP contribution in [-0.2, 0) is 20.6 Å². The van der Waals surface area contributed by atoms with Gasteiger partial charge in [-0.25, -0.2) is 0 Å².